The van der Waals surface area contributed by atoms with Gasteiger partial charge >= 0.3 is 0 Å². The van der Waals surface area contributed by atoms with Gasteiger partial charge in [0.05, 0.1) is 0 Å². The molecule has 1 heteroatoms. The summed E-state index contributed by atoms with van der Waals surface area (Å²) in [6, 6.07) is 9.33. The topological polar surface area (TPSA) is 0 Å². The predicted molar refractivity (Wildman–Crippen MR) is 97.2 cm³/mol. The molecule has 0 amide bonds. The highest BCUT2D eigenvalue weighted by Gasteiger charge is 2.30. The lowest BCUT2D eigenvalue weighted by Crippen LogP contribution is -2.29. The first-order chi connectivity index (χ1) is 9.77. The normalized spacial score (nSPS) is 27.1. The molecule has 1 aromatic rings. The van der Waals surface area contributed by atoms with Gasteiger partial charge in [-0.3, -0.25) is 0 Å². The van der Waals surface area contributed by atoms with Gasteiger partial charge in [-0.15, -0.1) is 0 Å². The van der Waals surface area contributed by atoms with E-state index < -0.39 is 0 Å². The number of rotatable bonds is 3. The molecule has 1 aliphatic carbocycles. The first-order valence-corrected chi connectivity index (χ1v) is 9.42. The fraction of sp³-hybridized carbons (Fsp3) is 0.700. The largest absolute Gasteiger partial charge is 0.0888 e. The predicted octanol–water partition coefficient (Wildman–Crippen LogP) is 6.36. The Morgan fingerprint density at radius 3 is 2.24 bits per heavy atom. The average Bonchev–Trinajstić information content (AvgIpc) is 2.40. The van der Waals surface area contributed by atoms with Crippen LogP contribution in [0.1, 0.15) is 65.0 Å². The molecule has 0 radical (unpaired) electrons. The molecule has 21 heavy (non-hydrogen) atoms. The molecular weight excluding hydrogens is 320 g/mol. The van der Waals surface area contributed by atoms with Crippen LogP contribution in [0, 0.1) is 17.8 Å². The number of halogens is 1. The Morgan fingerprint density at radius 2 is 1.71 bits per heavy atom. The summed E-state index contributed by atoms with van der Waals surface area (Å²) >= 11 is 3.94. The van der Waals surface area contributed by atoms with Crippen molar-refractivity contribution in [3.63, 3.8) is 0 Å². The summed E-state index contributed by atoms with van der Waals surface area (Å²) in [5.74, 6) is 2.54. The van der Waals surface area contributed by atoms with E-state index in [1.54, 1.807) is 0 Å². The minimum Gasteiger partial charge on any atom is -0.0888 e. The van der Waals surface area contributed by atoms with E-state index >= 15 is 0 Å². The van der Waals surface area contributed by atoms with Crippen molar-refractivity contribution in [2.24, 2.45) is 17.8 Å². The van der Waals surface area contributed by atoms with E-state index in [0.29, 0.717) is 4.83 Å². The maximum atomic E-state index is 3.94. The van der Waals surface area contributed by atoms with Crippen LogP contribution in [0.3, 0.4) is 0 Å². The number of benzene rings is 1. The zero-order chi connectivity index (χ0) is 15.6. The third kappa shape index (κ3) is 4.58. The maximum Gasteiger partial charge on any atom is 0.0177 e. The van der Waals surface area contributed by atoms with E-state index in [0.717, 1.165) is 17.8 Å². The molecule has 0 spiro atoms. The summed E-state index contributed by atoms with van der Waals surface area (Å²) in [7, 11) is 0. The average molecular weight is 351 g/mol. The quantitative estimate of drug-likeness (QED) is 0.556. The van der Waals surface area contributed by atoms with Crippen LogP contribution in [0.15, 0.2) is 24.3 Å². The molecule has 3 unspecified atom stereocenters. The van der Waals surface area contributed by atoms with Crippen molar-refractivity contribution in [2.45, 2.75) is 70.5 Å². The second-order valence-electron chi connectivity index (χ2n) is 8.24. The van der Waals surface area contributed by atoms with Gasteiger partial charge in [0.25, 0.3) is 0 Å². The van der Waals surface area contributed by atoms with Gasteiger partial charge in [-0.25, -0.2) is 0 Å². The molecule has 118 valence electrons. The maximum absolute atomic E-state index is 3.94. The summed E-state index contributed by atoms with van der Waals surface area (Å²) < 4.78 is 0. The van der Waals surface area contributed by atoms with Gasteiger partial charge in [0.15, 0.2) is 0 Å². The highest BCUT2D eigenvalue weighted by atomic mass is 79.9. The van der Waals surface area contributed by atoms with Gasteiger partial charge < -0.3 is 0 Å². The monoisotopic (exact) mass is 350 g/mol. The smallest absolute Gasteiger partial charge is 0.0177 e. The van der Waals surface area contributed by atoms with Gasteiger partial charge in [-0.2, -0.15) is 0 Å². The van der Waals surface area contributed by atoms with E-state index in [-0.39, 0.29) is 5.41 Å². The summed E-state index contributed by atoms with van der Waals surface area (Å²) in [6.07, 6.45) is 5.35. The molecule has 0 N–H and O–H groups in total. The van der Waals surface area contributed by atoms with Crippen LogP contribution in [-0.4, -0.2) is 4.83 Å². The Morgan fingerprint density at radius 1 is 1.10 bits per heavy atom. The van der Waals surface area contributed by atoms with E-state index in [9.17, 15) is 0 Å². The zero-order valence-electron chi connectivity index (χ0n) is 14.3. The van der Waals surface area contributed by atoms with Crippen LogP contribution in [0.5, 0.6) is 0 Å². The Balaban J connectivity index is 2.03. The van der Waals surface area contributed by atoms with E-state index in [4.69, 9.17) is 0 Å². The second-order valence-corrected chi connectivity index (χ2v) is 9.42. The molecule has 1 aromatic carbocycles. The van der Waals surface area contributed by atoms with Crippen molar-refractivity contribution in [1.82, 2.24) is 0 Å². The fourth-order valence-electron chi connectivity index (χ4n) is 3.52. The van der Waals surface area contributed by atoms with Gasteiger partial charge in [0, 0.05) is 4.83 Å². The summed E-state index contributed by atoms with van der Waals surface area (Å²) in [5.41, 5.74) is 3.19. The van der Waals surface area contributed by atoms with Crippen molar-refractivity contribution in [2.75, 3.05) is 0 Å². The van der Waals surface area contributed by atoms with Gasteiger partial charge in [0.2, 0.25) is 0 Å². The minimum absolute atomic E-state index is 0.254. The van der Waals surface area contributed by atoms with E-state index in [1.807, 2.05) is 0 Å². The lowest BCUT2D eigenvalue weighted by molar-refractivity contribution is 0.223. The lowest BCUT2D eigenvalue weighted by Gasteiger charge is -2.35. The highest BCUT2D eigenvalue weighted by molar-refractivity contribution is 9.09. The molecule has 1 saturated carbocycles. The Kier molecular flexibility index (Phi) is 5.57. The van der Waals surface area contributed by atoms with Crippen LogP contribution >= 0.6 is 15.9 Å². The van der Waals surface area contributed by atoms with Crippen molar-refractivity contribution in [3.8, 4) is 0 Å². The van der Waals surface area contributed by atoms with Crippen molar-refractivity contribution in [3.05, 3.63) is 35.4 Å². The van der Waals surface area contributed by atoms with Crippen LogP contribution in [0.4, 0.5) is 0 Å². The molecule has 0 bridgehead atoms. The van der Waals surface area contributed by atoms with Gasteiger partial charge in [-0.05, 0) is 60.0 Å². The molecule has 0 aromatic heterocycles. The molecule has 1 aliphatic rings. The molecular formula is C20H31Br. The van der Waals surface area contributed by atoms with Crippen LogP contribution in [0.25, 0.3) is 0 Å². The number of hydrogen-bond donors (Lipinski definition) is 0. The lowest BCUT2D eigenvalue weighted by atomic mass is 9.74. The third-order valence-electron chi connectivity index (χ3n) is 5.19. The molecule has 3 atom stereocenters. The van der Waals surface area contributed by atoms with Gasteiger partial charge in [-0.1, -0.05) is 74.8 Å². The first kappa shape index (κ1) is 17.1. The molecule has 0 aliphatic heterocycles. The Bertz CT molecular complexity index is 438. The number of alkyl halides is 1. The standard InChI is InChI=1S/C20H31Br/c1-14(2)16-8-11-19(21)17(13-16)12-15-6-9-18(10-7-15)20(3,4)5/h6-7,9-10,14,16-17,19H,8,11-13H2,1-5H3. The second kappa shape index (κ2) is 6.86. The van der Waals surface area contributed by atoms with Crippen molar-refractivity contribution < 1.29 is 0 Å². The van der Waals surface area contributed by atoms with E-state index in [2.05, 4.69) is 74.8 Å². The Labute approximate surface area is 139 Å². The van der Waals surface area contributed by atoms with Crippen LogP contribution in [-0.2, 0) is 11.8 Å². The Hall–Kier alpha value is -0.300. The molecule has 0 heterocycles. The SMILES string of the molecule is CC(C)C1CCC(Br)C(Cc2ccc(C(C)(C)C)cc2)C1. The third-order valence-corrected chi connectivity index (χ3v) is 6.40. The first-order valence-electron chi connectivity index (χ1n) is 8.51. The van der Waals surface area contributed by atoms with Crippen LogP contribution < -0.4 is 0 Å². The van der Waals surface area contributed by atoms with Crippen molar-refractivity contribution >= 4 is 15.9 Å². The van der Waals surface area contributed by atoms with Crippen LogP contribution in [0.2, 0.25) is 0 Å². The summed E-state index contributed by atoms with van der Waals surface area (Å²) in [5, 5.41) is 0. The number of hydrogen-bond acceptors (Lipinski definition) is 0. The summed E-state index contributed by atoms with van der Waals surface area (Å²) in [4.78, 5) is 0.704. The van der Waals surface area contributed by atoms with Gasteiger partial charge in [0.1, 0.15) is 0 Å². The minimum atomic E-state index is 0.254. The van der Waals surface area contributed by atoms with E-state index in [1.165, 1.54) is 36.8 Å². The molecule has 0 nitrogen and oxygen atoms in total. The molecule has 1 fully saturated rings. The molecule has 2 rings (SSSR count). The molecule has 0 saturated heterocycles. The fourth-order valence-corrected chi connectivity index (χ4v) is 4.19. The highest BCUT2D eigenvalue weighted by Crippen LogP contribution is 2.39. The van der Waals surface area contributed by atoms with Crippen molar-refractivity contribution in [1.29, 1.82) is 0 Å². The zero-order valence-corrected chi connectivity index (χ0v) is 15.9. The summed E-state index contributed by atoms with van der Waals surface area (Å²) in [6.45, 7) is 11.6.